The van der Waals surface area contributed by atoms with Crippen molar-refractivity contribution in [2.75, 3.05) is 13.1 Å². The van der Waals surface area contributed by atoms with E-state index in [2.05, 4.69) is 39.0 Å². The van der Waals surface area contributed by atoms with Crippen LogP contribution in [-0.2, 0) is 0 Å². The highest BCUT2D eigenvalue weighted by molar-refractivity contribution is 9.10. The summed E-state index contributed by atoms with van der Waals surface area (Å²) in [7, 11) is 0. The van der Waals surface area contributed by atoms with E-state index in [1.54, 1.807) is 12.1 Å². The van der Waals surface area contributed by atoms with Crippen LogP contribution in [0.15, 0.2) is 69.8 Å². The van der Waals surface area contributed by atoms with Crippen LogP contribution < -0.4 is 0 Å². The first-order chi connectivity index (χ1) is 14.5. The van der Waals surface area contributed by atoms with Gasteiger partial charge in [0.05, 0.1) is 4.92 Å². The molecular formula is C24H23BrN2O3. The van der Waals surface area contributed by atoms with Crippen molar-refractivity contribution in [3.63, 3.8) is 0 Å². The smallest absolute Gasteiger partial charge is 0.269 e. The normalized spacial score (nSPS) is 18.2. The molecule has 30 heavy (non-hydrogen) atoms. The zero-order valence-corrected chi connectivity index (χ0v) is 18.2. The van der Waals surface area contributed by atoms with Gasteiger partial charge in [0.15, 0.2) is 5.78 Å². The number of likely N-dealkylation sites (tertiary alicyclic amines) is 1. The molecule has 0 saturated carbocycles. The Morgan fingerprint density at radius 1 is 0.967 bits per heavy atom. The van der Waals surface area contributed by atoms with E-state index in [0.717, 1.165) is 53.7 Å². The number of carbonyl (C=O) groups excluding carboxylic acids is 1. The number of nitro groups is 1. The Hall–Kier alpha value is -2.73. The predicted molar refractivity (Wildman–Crippen MR) is 121 cm³/mol. The van der Waals surface area contributed by atoms with Crippen molar-refractivity contribution in [3.8, 4) is 0 Å². The lowest BCUT2D eigenvalue weighted by Crippen LogP contribution is -2.30. The second-order valence-electron chi connectivity index (χ2n) is 7.73. The molecule has 0 aromatic heterocycles. The number of carbonyl (C=O) groups is 1. The summed E-state index contributed by atoms with van der Waals surface area (Å²) in [6, 6.07) is 14.1. The third kappa shape index (κ3) is 4.38. The number of hydrogen-bond acceptors (Lipinski definition) is 4. The van der Waals surface area contributed by atoms with Gasteiger partial charge < -0.3 is 4.90 Å². The third-order valence-electron chi connectivity index (χ3n) is 5.73. The average Bonchev–Trinajstić information content (AvgIpc) is 3.19. The van der Waals surface area contributed by atoms with Gasteiger partial charge in [0.25, 0.3) is 5.69 Å². The Labute approximate surface area is 184 Å². The van der Waals surface area contributed by atoms with Crippen molar-refractivity contribution < 1.29 is 9.72 Å². The molecule has 0 N–H and O–H groups in total. The quantitative estimate of drug-likeness (QED) is 0.300. The van der Waals surface area contributed by atoms with Gasteiger partial charge in [0, 0.05) is 46.5 Å². The lowest BCUT2D eigenvalue weighted by atomic mass is 10.00. The zero-order chi connectivity index (χ0) is 21.1. The fraction of sp³-hybridized carbons (Fsp3) is 0.292. The zero-order valence-electron chi connectivity index (χ0n) is 16.6. The average molecular weight is 467 g/mol. The maximum Gasteiger partial charge on any atom is 0.269 e. The minimum Gasteiger partial charge on any atom is -0.371 e. The van der Waals surface area contributed by atoms with Crippen molar-refractivity contribution in [2.45, 2.75) is 32.1 Å². The van der Waals surface area contributed by atoms with Crippen molar-refractivity contribution in [1.29, 1.82) is 0 Å². The highest BCUT2D eigenvalue weighted by Crippen LogP contribution is 2.38. The van der Waals surface area contributed by atoms with E-state index in [1.807, 2.05) is 12.1 Å². The maximum atomic E-state index is 13.3. The van der Waals surface area contributed by atoms with E-state index in [4.69, 9.17) is 0 Å². The molecule has 0 radical (unpaired) electrons. The number of piperidine rings is 1. The molecule has 1 aliphatic carbocycles. The molecule has 0 bridgehead atoms. The molecule has 2 aromatic carbocycles. The van der Waals surface area contributed by atoms with Crippen LogP contribution in [0.2, 0.25) is 0 Å². The van der Waals surface area contributed by atoms with Crippen LogP contribution >= 0.6 is 15.9 Å². The summed E-state index contributed by atoms with van der Waals surface area (Å²) in [4.78, 5) is 26.2. The first kappa shape index (κ1) is 20.5. The molecular weight excluding hydrogens is 444 g/mol. The highest BCUT2D eigenvalue weighted by Gasteiger charge is 2.30. The van der Waals surface area contributed by atoms with Crippen LogP contribution in [0.25, 0.3) is 6.08 Å². The number of nitrogens with zero attached hydrogens (tertiary/aromatic N) is 2. The number of non-ortho nitro benzene ring substituents is 1. The standard InChI is InChI=1S/C24H23BrN2O3/c25-20-9-4-17(5-10-20)16-19-8-13-22(23(19)26-14-2-1-3-15-26)24(28)18-6-11-21(12-7-18)27(29)30/h4-7,9-12,16H,1-3,8,13-15H2/b19-16-. The summed E-state index contributed by atoms with van der Waals surface area (Å²) in [5, 5.41) is 10.9. The van der Waals surface area contributed by atoms with Gasteiger partial charge in [0.2, 0.25) is 0 Å². The minimum absolute atomic E-state index is 0.000899. The second kappa shape index (κ2) is 8.96. The summed E-state index contributed by atoms with van der Waals surface area (Å²) in [6.45, 7) is 1.92. The summed E-state index contributed by atoms with van der Waals surface area (Å²) in [6.07, 6.45) is 7.20. The van der Waals surface area contributed by atoms with Crippen molar-refractivity contribution in [2.24, 2.45) is 0 Å². The maximum absolute atomic E-state index is 13.3. The largest absolute Gasteiger partial charge is 0.371 e. The monoisotopic (exact) mass is 466 g/mol. The Morgan fingerprint density at radius 3 is 2.27 bits per heavy atom. The van der Waals surface area contributed by atoms with Crippen LogP contribution in [0.3, 0.4) is 0 Å². The van der Waals surface area contributed by atoms with Gasteiger partial charge in [-0.05, 0) is 73.6 Å². The molecule has 0 spiro atoms. The molecule has 6 heteroatoms. The lowest BCUT2D eigenvalue weighted by Gasteiger charge is -2.31. The number of benzene rings is 2. The number of hydrogen-bond donors (Lipinski definition) is 0. The molecule has 2 aliphatic rings. The second-order valence-corrected chi connectivity index (χ2v) is 8.64. The van der Waals surface area contributed by atoms with Crippen LogP contribution in [0.5, 0.6) is 0 Å². The Kier molecular flexibility index (Phi) is 6.13. The van der Waals surface area contributed by atoms with Gasteiger partial charge in [-0.3, -0.25) is 14.9 Å². The van der Waals surface area contributed by atoms with E-state index in [9.17, 15) is 14.9 Å². The Balaban J connectivity index is 1.72. The molecule has 1 saturated heterocycles. The molecule has 4 rings (SSSR count). The topological polar surface area (TPSA) is 63.5 Å². The molecule has 154 valence electrons. The first-order valence-corrected chi connectivity index (χ1v) is 11.1. The predicted octanol–water partition coefficient (Wildman–Crippen LogP) is 6.16. The van der Waals surface area contributed by atoms with Gasteiger partial charge in [-0.1, -0.05) is 28.1 Å². The van der Waals surface area contributed by atoms with Crippen molar-refractivity contribution in [3.05, 3.63) is 91.1 Å². The Morgan fingerprint density at radius 2 is 1.63 bits per heavy atom. The van der Waals surface area contributed by atoms with Gasteiger partial charge in [0.1, 0.15) is 0 Å². The van der Waals surface area contributed by atoms with Gasteiger partial charge in [-0.2, -0.15) is 0 Å². The SMILES string of the molecule is O=C(C1=C(N2CCCCC2)/C(=C\c2ccc(Br)cc2)CC1)c1ccc([N+](=O)[O-])cc1. The van der Waals surface area contributed by atoms with Crippen molar-refractivity contribution >= 4 is 33.5 Å². The van der Waals surface area contributed by atoms with Crippen LogP contribution in [0.1, 0.15) is 48.0 Å². The molecule has 1 heterocycles. The summed E-state index contributed by atoms with van der Waals surface area (Å²) in [5.74, 6) is -0.0234. The van der Waals surface area contributed by atoms with Crippen LogP contribution in [-0.4, -0.2) is 28.7 Å². The van der Waals surface area contributed by atoms with Gasteiger partial charge in [-0.15, -0.1) is 0 Å². The molecule has 1 aliphatic heterocycles. The number of allylic oxidation sites excluding steroid dienone is 2. The summed E-state index contributed by atoms with van der Waals surface area (Å²) in [5.41, 5.74) is 4.72. The molecule has 0 atom stereocenters. The highest BCUT2D eigenvalue weighted by atomic mass is 79.9. The lowest BCUT2D eigenvalue weighted by molar-refractivity contribution is -0.384. The fourth-order valence-electron chi connectivity index (χ4n) is 4.23. The summed E-state index contributed by atoms with van der Waals surface area (Å²) >= 11 is 3.48. The molecule has 0 amide bonds. The van der Waals surface area contributed by atoms with E-state index in [1.165, 1.54) is 24.1 Å². The number of nitro benzene ring substituents is 1. The minimum atomic E-state index is -0.443. The van der Waals surface area contributed by atoms with Crippen molar-refractivity contribution in [1.82, 2.24) is 4.90 Å². The third-order valence-corrected chi connectivity index (χ3v) is 6.26. The van der Waals surface area contributed by atoms with E-state index in [-0.39, 0.29) is 11.5 Å². The number of rotatable bonds is 5. The van der Waals surface area contributed by atoms with Gasteiger partial charge in [-0.25, -0.2) is 0 Å². The molecule has 0 unspecified atom stereocenters. The number of ketones is 1. The number of Topliss-reactive ketones (excluding diaryl/α,β-unsaturated/α-hetero) is 1. The number of halogens is 1. The molecule has 2 aromatic rings. The molecule has 5 nitrogen and oxygen atoms in total. The van der Waals surface area contributed by atoms with E-state index in [0.29, 0.717) is 12.0 Å². The van der Waals surface area contributed by atoms with E-state index < -0.39 is 4.92 Å². The fourth-order valence-corrected chi connectivity index (χ4v) is 4.50. The Bertz CT molecular complexity index is 1020. The van der Waals surface area contributed by atoms with Crippen LogP contribution in [0, 0.1) is 10.1 Å². The van der Waals surface area contributed by atoms with E-state index >= 15 is 0 Å². The first-order valence-electron chi connectivity index (χ1n) is 10.3. The summed E-state index contributed by atoms with van der Waals surface area (Å²) < 4.78 is 1.04. The molecule has 1 fully saturated rings. The van der Waals surface area contributed by atoms with Crippen LogP contribution in [0.4, 0.5) is 5.69 Å². The van der Waals surface area contributed by atoms with Gasteiger partial charge >= 0.3 is 0 Å².